The van der Waals surface area contributed by atoms with E-state index in [0.29, 0.717) is 6.42 Å². The summed E-state index contributed by atoms with van der Waals surface area (Å²) in [5.41, 5.74) is 6.52. The molecule has 4 nitrogen and oxygen atoms in total. The van der Waals surface area contributed by atoms with Crippen molar-refractivity contribution in [3.8, 4) is 6.07 Å². The first-order valence-electron chi connectivity index (χ1n) is 7.57. The van der Waals surface area contributed by atoms with Gasteiger partial charge in [-0.2, -0.15) is 5.26 Å². The van der Waals surface area contributed by atoms with E-state index in [4.69, 9.17) is 5.73 Å². The molecular formula is C17H26N4. The Hall–Kier alpha value is -1.41. The number of hydrogen-bond acceptors (Lipinski definition) is 4. The minimum atomic E-state index is -0.894. The SMILES string of the molecule is CN1CCN(CCC(N)(C#N)c2ccccc2)CC1(C)C. The van der Waals surface area contributed by atoms with Crippen molar-refractivity contribution in [1.29, 1.82) is 5.26 Å². The van der Waals surface area contributed by atoms with Crippen LogP contribution in [-0.2, 0) is 5.54 Å². The van der Waals surface area contributed by atoms with Gasteiger partial charge in [0.15, 0.2) is 0 Å². The summed E-state index contributed by atoms with van der Waals surface area (Å²) in [4.78, 5) is 4.81. The van der Waals surface area contributed by atoms with Crippen LogP contribution in [0.3, 0.4) is 0 Å². The summed E-state index contributed by atoms with van der Waals surface area (Å²) in [7, 11) is 2.17. The number of benzene rings is 1. The van der Waals surface area contributed by atoms with Crippen molar-refractivity contribution in [2.75, 3.05) is 33.2 Å². The number of nitriles is 1. The smallest absolute Gasteiger partial charge is 0.131 e. The molecule has 2 N–H and O–H groups in total. The third-order valence-corrected chi connectivity index (χ3v) is 4.71. The quantitative estimate of drug-likeness (QED) is 0.916. The van der Waals surface area contributed by atoms with Crippen LogP contribution in [0.2, 0.25) is 0 Å². The predicted molar refractivity (Wildman–Crippen MR) is 85.7 cm³/mol. The molecule has 1 fully saturated rings. The maximum Gasteiger partial charge on any atom is 0.131 e. The van der Waals surface area contributed by atoms with Gasteiger partial charge in [0, 0.05) is 31.7 Å². The van der Waals surface area contributed by atoms with E-state index >= 15 is 0 Å². The van der Waals surface area contributed by atoms with E-state index in [-0.39, 0.29) is 5.54 Å². The molecule has 1 aliphatic heterocycles. The average molecular weight is 286 g/mol. The maximum atomic E-state index is 9.51. The standard InChI is InChI=1S/C17H26N4/c1-16(2)14-21(12-11-20(16)3)10-9-17(19,13-18)15-7-5-4-6-8-15/h4-8H,9-12,14,19H2,1-3H3. The molecule has 1 saturated heterocycles. The van der Waals surface area contributed by atoms with Gasteiger partial charge >= 0.3 is 0 Å². The summed E-state index contributed by atoms with van der Waals surface area (Å²) in [5.74, 6) is 0. The number of rotatable bonds is 4. The van der Waals surface area contributed by atoms with Gasteiger partial charge in [-0.1, -0.05) is 30.3 Å². The average Bonchev–Trinajstić information content (AvgIpc) is 2.49. The lowest BCUT2D eigenvalue weighted by Gasteiger charge is -2.45. The van der Waals surface area contributed by atoms with E-state index in [1.807, 2.05) is 30.3 Å². The van der Waals surface area contributed by atoms with Crippen LogP contribution in [0.15, 0.2) is 30.3 Å². The predicted octanol–water partition coefficient (Wildman–Crippen LogP) is 1.78. The van der Waals surface area contributed by atoms with Crippen molar-refractivity contribution in [2.45, 2.75) is 31.3 Å². The molecule has 2 rings (SSSR count). The monoisotopic (exact) mass is 286 g/mol. The van der Waals surface area contributed by atoms with Crippen molar-refractivity contribution in [3.05, 3.63) is 35.9 Å². The molecule has 0 aliphatic carbocycles. The highest BCUT2D eigenvalue weighted by atomic mass is 15.3. The molecule has 1 atom stereocenters. The second-order valence-corrected chi connectivity index (χ2v) is 6.71. The van der Waals surface area contributed by atoms with Gasteiger partial charge in [-0.05, 0) is 32.9 Å². The molecule has 0 amide bonds. The molecule has 4 heteroatoms. The first-order valence-corrected chi connectivity index (χ1v) is 7.57. The van der Waals surface area contributed by atoms with Gasteiger partial charge in [0.25, 0.3) is 0 Å². The number of nitrogens with two attached hydrogens (primary N) is 1. The highest BCUT2D eigenvalue weighted by molar-refractivity contribution is 5.30. The molecule has 1 heterocycles. The fourth-order valence-corrected chi connectivity index (χ4v) is 2.87. The Morgan fingerprint density at radius 2 is 1.95 bits per heavy atom. The zero-order chi connectivity index (χ0) is 15.5. The van der Waals surface area contributed by atoms with Crippen LogP contribution in [0.25, 0.3) is 0 Å². The topological polar surface area (TPSA) is 56.3 Å². The summed E-state index contributed by atoms with van der Waals surface area (Å²) in [6, 6.07) is 12.0. The molecule has 1 aromatic carbocycles. The number of nitrogens with zero attached hydrogens (tertiary/aromatic N) is 3. The highest BCUT2D eigenvalue weighted by Gasteiger charge is 2.33. The second kappa shape index (κ2) is 6.15. The number of hydrogen-bond donors (Lipinski definition) is 1. The van der Waals surface area contributed by atoms with Gasteiger partial charge in [-0.15, -0.1) is 0 Å². The van der Waals surface area contributed by atoms with Gasteiger partial charge in [0.05, 0.1) is 6.07 Å². The number of piperazine rings is 1. The van der Waals surface area contributed by atoms with E-state index in [2.05, 4.69) is 36.8 Å². The largest absolute Gasteiger partial charge is 0.310 e. The third-order valence-electron chi connectivity index (χ3n) is 4.71. The fraction of sp³-hybridized carbons (Fsp3) is 0.588. The maximum absolute atomic E-state index is 9.51. The summed E-state index contributed by atoms with van der Waals surface area (Å²) >= 11 is 0. The Balaban J connectivity index is 2.00. The molecule has 0 radical (unpaired) electrons. The Bertz CT molecular complexity index is 505. The number of likely N-dealkylation sites (N-methyl/N-ethyl adjacent to an activating group) is 1. The van der Waals surface area contributed by atoms with Crippen LogP contribution in [0.4, 0.5) is 0 Å². The minimum Gasteiger partial charge on any atom is -0.310 e. The van der Waals surface area contributed by atoms with E-state index in [0.717, 1.165) is 31.7 Å². The molecule has 0 aromatic heterocycles. The van der Waals surface area contributed by atoms with Gasteiger partial charge in [-0.25, -0.2) is 0 Å². The van der Waals surface area contributed by atoms with Gasteiger partial charge in [-0.3, -0.25) is 4.90 Å². The molecular weight excluding hydrogens is 260 g/mol. The molecule has 1 aliphatic rings. The molecule has 1 aromatic rings. The summed E-state index contributed by atoms with van der Waals surface area (Å²) < 4.78 is 0. The fourth-order valence-electron chi connectivity index (χ4n) is 2.87. The van der Waals surface area contributed by atoms with E-state index < -0.39 is 5.54 Å². The Morgan fingerprint density at radius 3 is 2.52 bits per heavy atom. The van der Waals surface area contributed by atoms with Crippen LogP contribution >= 0.6 is 0 Å². The Labute approximate surface area is 128 Å². The van der Waals surface area contributed by atoms with Crippen LogP contribution in [0.1, 0.15) is 25.8 Å². The lowest BCUT2D eigenvalue weighted by atomic mass is 9.88. The van der Waals surface area contributed by atoms with Gasteiger partial charge in [0.1, 0.15) is 5.54 Å². The third kappa shape index (κ3) is 3.62. The van der Waals surface area contributed by atoms with E-state index in [1.54, 1.807) is 0 Å². The van der Waals surface area contributed by atoms with Gasteiger partial charge < -0.3 is 10.6 Å². The van der Waals surface area contributed by atoms with Crippen molar-refractivity contribution in [3.63, 3.8) is 0 Å². The van der Waals surface area contributed by atoms with E-state index in [1.165, 1.54) is 0 Å². The van der Waals surface area contributed by atoms with Crippen molar-refractivity contribution in [2.24, 2.45) is 5.73 Å². The Kier molecular flexibility index (Phi) is 4.67. The van der Waals surface area contributed by atoms with Crippen LogP contribution < -0.4 is 5.73 Å². The van der Waals surface area contributed by atoms with Crippen LogP contribution in [0, 0.1) is 11.3 Å². The normalized spacial score (nSPS) is 22.4. The van der Waals surface area contributed by atoms with Gasteiger partial charge in [0.2, 0.25) is 0 Å². The van der Waals surface area contributed by atoms with Crippen molar-refractivity contribution < 1.29 is 0 Å². The molecule has 0 spiro atoms. The molecule has 0 bridgehead atoms. The lowest BCUT2D eigenvalue weighted by Crippen LogP contribution is -2.58. The lowest BCUT2D eigenvalue weighted by molar-refractivity contribution is 0.0375. The second-order valence-electron chi connectivity index (χ2n) is 6.71. The van der Waals surface area contributed by atoms with Crippen LogP contribution in [-0.4, -0.2) is 48.6 Å². The van der Waals surface area contributed by atoms with E-state index in [9.17, 15) is 5.26 Å². The zero-order valence-corrected chi connectivity index (χ0v) is 13.3. The van der Waals surface area contributed by atoms with Crippen molar-refractivity contribution in [1.82, 2.24) is 9.80 Å². The first kappa shape index (κ1) is 16.0. The summed E-state index contributed by atoms with van der Waals surface area (Å²) in [6.07, 6.45) is 0.660. The zero-order valence-electron chi connectivity index (χ0n) is 13.3. The summed E-state index contributed by atoms with van der Waals surface area (Å²) in [5, 5.41) is 9.51. The van der Waals surface area contributed by atoms with Crippen molar-refractivity contribution >= 4 is 0 Å². The Morgan fingerprint density at radius 1 is 1.29 bits per heavy atom. The molecule has 1 unspecified atom stereocenters. The molecule has 114 valence electrons. The molecule has 21 heavy (non-hydrogen) atoms. The molecule has 0 saturated carbocycles. The minimum absolute atomic E-state index is 0.175. The van der Waals surface area contributed by atoms with Crippen LogP contribution in [0.5, 0.6) is 0 Å². The summed E-state index contributed by atoms with van der Waals surface area (Å²) in [6.45, 7) is 8.49. The highest BCUT2D eigenvalue weighted by Crippen LogP contribution is 2.24. The first-order chi connectivity index (χ1) is 9.87.